The van der Waals surface area contributed by atoms with Crippen LogP contribution in [0.3, 0.4) is 0 Å². The lowest BCUT2D eigenvalue weighted by atomic mass is 9.84. The minimum absolute atomic E-state index is 0.209. The first-order valence-electron chi connectivity index (χ1n) is 8.46. The minimum atomic E-state index is -0.465. The number of carbonyl (C=O) groups is 2. The van der Waals surface area contributed by atoms with Gasteiger partial charge in [-0.25, -0.2) is 4.98 Å². The van der Waals surface area contributed by atoms with Gasteiger partial charge in [-0.2, -0.15) is 0 Å². The molecule has 0 spiro atoms. The van der Waals surface area contributed by atoms with Crippen LogP contribution in [-0.4, -0.2) is 42.3 Å². The standard InChI is InChI=1S/C20H23Cl2N3O2/c1-12-13(9-10-16(24-12)19(27)25(4)5)18(26)23-11-20(2,3)17-14(21)7-6-8-15(17)22/h6-10H,11H2,1-5H3,(H,23,26). The van der Waals surface area contributed by atoms with Gasteiger partial charge in [0.25, 0.3) is 11.8 Å². The molecule has 7 heteroatoms. The number of hydrogen-bond acceptors (Lipinski definition) is 3. The van der Waals surface area contributed by atoms with Gasteiger partial charge in [-0.1, -0.05) is 43.1 Å². The number of aromatic nitrogens is 1. The van der Waals surface area contributed by atoms with Crippen LogP contribution in [0.15, 0.2) is 30.3 Å². The fourth-order valence-corrected chi connectivity index (χ4v) is 3.69. The van der Waals surface area contributed by atoms with Crippen molar-refractivity contribution in [1.29, 1.82) is 0 Å². The molecule has 0 unspecified atom stereocenters. The number of pyridine rings is 1. The molecule has 0 fully saturated rings. The topological polar surface area (TPSA) is 62.3 Å². The average Bonchev–Trinajstić information content (AvgIpc) is 2.58. The number of rotatable bonds is 5. The predicted octanol–water partition coefficient (Wildman–Crippen LogP) is 4.11. The third-order valence-electron chi connectivity index (χ3n) is 4.29. The van der Waals surface area contributed by atoms with Gasteiger partial charge in [0.15, 0.2) is 0 Å². The molecule has 1 heterocycles. The number of aryl methyl sites for hydroxylation is 1. The highest BCUT2D eigenvalue weighted by molar-refractivity contribution is 6.36. The average molecular weight is 408 g/mol. The van der Waals surface area contributed by atoms with Crippen LogP contribution in [0.4, 0.5) is 0 Å². The van der Waals surface area contributed by atoms with E-state index in [9.17, 15) is 9.59 Å². The maximum absolute atomic E-state index is 12.6. The monoisotopic (exact) mass is 407 g/mol. The molecule has 2 aromatic rings. The Labute approximate surface area is 169 Å². The van der Waals surface area contributed by atoms with E-state index in [4.69, 9.17) is 23.2 Å². The molecule has 27 heavy (non-hydrogen) atoms. The normalized spacial score (nSPS) is 11.2. The summed E-state index contributed by atoms with van der Waals surface area (Å²) in [6, 6.07) is 8.51. The quantitative estimate of drug-likeness (QED) is 0.810. The van der Waals surface area contributed by atoms with E-state index in [-0.39, 0.29) is 11.8 Å². The summed E-state index contributed by atoms with van der Waals surface area (Å²) in [7, 11) is 3.31. The van der Waals surface area contributed by atoms with Gasteiger partial charge in [-0.05, 0) is 36.8 Å². The number of amides is 2. The fourth-order valence-electron chi connectivity index (χ4n) is 2.78. The molecular weight excluding hydrogens is 385 g/mol. The van der Waals surface area contributed by atoms with Crippen LogP contribution in [-0.2, 0) is 5.41 Å². The van der Waals surface area contributed by atoms with Crippen LogP contribution in [0.25, 0.3) is 0 Å². The van der Waals surface area contributed by atoms with Crippen LogP contribution in [0.1, 0.15) is 46.0 Å². The van der Waals surface area contributed by atoms with Crippen LogP contribution < -0.4 is 5.32 Å². The number of hydrogen-bond donors (Lipinski definition) is 1. The number of benzene rings is 1. The number of nitrogens with one attached hydrogen (secondary N) is 1. The lowest BCUT2D eigenvalue weighted by Gasteiger charge is -2.28. The summed E-state index contributed by atoms with van der Waals surface area (Å²) in [5.74, 6) is -0.473. The molecule has 0 bridgehead atoms. The molecular formula is C20H23Cl2N3O2. The largest absolute Gasteiger partial charge is 0.351 e. The van der Waals surface area contributed by atoms with Gasteiger partial charge in [0, 0.05) is 36.1 Å². The van der Waals surface area contributed by atoms with Crippen molar-refractivity contribution in [2.45, 2.75) is 26.2 Å². The fraction of sp³-hybridized carbons (Fsp3) is 0.350. The molecule has 2 rings (SSSR count). The maximum atomic E-state index is 12.6. The molecule has 0 aliphatic heterocycles. The molecule has 1 N–H and O–H groups in total. The van der Waals surface area contributed by atoms with Gasteiger partial charge >= 0.3 is 0 Å². The highest BCUT2D eigenvalue weighted by Gasteiger charge is 2.27. The van der Waals surface area contributed by atoms with E-state index in [0.717, 1.165) is 5.56 Å². The number of halogens is 2. The molecule has 0 aliphatic carbocycles. The maximum Gasteiger partial charge on any atom is 0.271 e. The number of nitrogens with zero attached hydrogens (tertiary/aromatic N) is 2. The SMILES string of the molecule is Cc1nc(C(=O)N(C)C)ccc1C(=O)NCC(C)(C)c1c(Cl)cccc1Cl. The van der Waals surface area contributed by atoms with Crippen LogP contribution in [0, 0.1) is 6.92 Å². The van der Waals surface area contributed by atoms with Gasteiger partial charge in [-0.15, -0.1) is 0 Å². The van der Waals surface area contributed by atoms with E-state index >= 15 is 0 Å². The van der Waals surface area contributed by atoms with Crippen molar-refractivity contribution >= 4 is 35.0 Å². The van der Waals surface area contributed by atoms with E-state index in [0.29, 0.717) is 33.5 Å². The molecule has 144 valence electrons. The van der Waals surface area contributed by atoms with Gasteiger partial charge < -0.3 is 10.2 Å². The predicted molar refractivity (Wildman–Crippen MR) is 109 cm³/mol. The molecule has 0 saturated heterocycles. The first-order chi connectivity index (χ1) is 12.5. The van der Waals surface area contributed by atoms with Crippen LogP contribution in [0.2, 0.25) is 10.0 Å². The summed E-state index contributed by atoms with van der Waals surface area (Å²) in [6.45, 7) is 5.97. The van der Waals surface area contributed by atoms with Crippen molar-refractivity contribution in [3.8, 4) is 0 Å². The molecule has 1 aromatic carbocycles. The smallest absolute Gasteiger partial charge is 0.271 e. The Hall–Kier alpha value is -2.11. The zero-order valence-electron chi connectivity index (χ0n) is 16.1. The summed E-state index contributed by atoms with van der Waals surface area (Å²) in [6.07, 6.45) is 0. The van der Waals surface area contributed by atoms with Crippen molar-refractivity contribution in [3.63, 3.8) is 0 Å². The zero-order chi connectivity index (χ0) is 20.4. The second-order valence-corrected chi connectivity index (χ2v) is 8.01. The van der Waals surface area contributed by atoms with Crippen molar-refractivity contribution in [2.24, 2.45) is 0 Å². The lowest BCUT2D eigenvalue weighted by Crippen LogP contribution is -2.37. The molecule has 0 radical (unpaired) electrons. The Bertz CT molecular complexity index is 859. The highest BCUT2D eigenvalue weighted by atomic mass is 35.5. The van der Waals surface area contributed by atoms with Crippen molar-refractivity contribution in [2.75, 3.05) is 20.6 Å². The first kappa shape index (κ1) is 21.2. The summed E-state index contributed by atoms with van der Waals surface area (Å²) in [5.41, 5.74) is 1.54. The Morgan fingerprint density at radius 2 is 1.70 bits per heavy atom. The van der Waals surface area contributed by atoms with E-state index in [2.05, 4.69) is 10.3 Å². The van der Waals surface area contributed by atoms with Crippen LogP contribution >= 0.6 is 23.2 Å². The highest BCUT2D eigenvalue weighted by Crippen LogP contribution is 2.35. The Morgan fingerprint density at radius 3 is 2.22 bits per heavy atom. The lowest BCUT2D eigenvalue weighted by molar-refractivity contribution is 0.0820. The minimum Gasteiger partial charge on any atom is -0.351 e. The molecule has 0 saturated carbocycles. The Kier molecular flexibility index (Phi) is 6.50. The van der Waals surface area contributed by atoms with Crippen LogP contribution in [0.5, 0.6) is 0 Å². The van der Waals surface area contributed by atoms with E-state index in [1.165, 1.54) is 4.90 Å². The molecule has 0 atom stereocenters. The second-order valence-electron chi connectivity index (χ2n) is 7.19. The van der Waals surface area contributed by atoms with Gasteiger partial charge in [-0.3, -0.25) is 9.59 Å². The molecule has 1 aromatic heterocycles. The van der Waals surface area contributed by atoms with Gasteiger partial charge in [0.2, 0.25) is 0 Å². The molecule has 0 aliphatic rings. The van der Waals surface area contributed by atoms with Crippen molar-refractivity contribution in [3.05, 3.63) is 62.9 Å². The molecule has 2 amide bonds. The zero-order valence-corrected chi connectivity index (χ0v) is 17.6. The second kappa shape index (κ2) is 8.28. The Morgan fingerprint density at radius 1 is 1.11 bits per heavy atom. The Balaban J connectivity index is 2.17. The third kappa shape index (κ3) is 4.79. The summed E-state index contributed by atoms with van der Waals surface area (Å²) in [5, 5.41) is 4.04. The summed E-state index contributed by atoms with van der Waals surface area (Å²) in [4.78, 5) is 30.3. The van der Waals surface area contributed by atoms with Gasteiger partial charge in [0.05, 0.1) is 11.3 Å². The van der Waals surface area contributed by atoms with Crippen molar-refractivity contribution < 1.29 is 9.59 Å². The summed E-state index contributed by atoms with van der Waals surface area (Å²) >= 11 is 12.6. The van der Waals surface area contributed by atoms with Crippen molar-refractivity contribution in [1.82, 2.24) is 15.2 Å². The first-order valence-corrected chi connectivity index (χ1v) is 9.22. The van der Waals surface area contributed by atoms with Gasteiger partial charge in [0.1, 0.15) is 5.69 Å². The third-order valence-corrected chi connectivity index (χ3v) is 4.92. The van der Waals surface area contributed by atoms with E-state index in [1.54, 1.807) is 51.4 Å². The summed E-state index contributed by atoms with van der Waals surface area (Å²) < 4.78 is 0. The number of carbonyl (C=O) groups excluding carboxylic acids is 2. The molecule has 5 nitrogen and oxygen atoms in total. The van der Waals surface area contributed by atoms with E-state index in [1.807, 2.05) is 13.8 Å². The van der Waals surface area contributed by atoms with E-state index < -0.39 is 5.41 Å².